The summed E-state index contributed by atoms with van der Waals surface area (Å²) in [5.74, 6) is -0.264. The first-order valence-corrected chi connectivity index (χ1v) is 5.59. The van der Waals surface area contributed by atoms with E-state index < -0.39 is 0 Å². The quantitative estimate of drug-likeness (QED) is 0.673. The Bertz CT molecular complexity index is 666. The lowest BCUT2D eigenvalue weighted by Crippen LogP contribution is -2.28. The number of hydrogen-bond acceptors (Lipinski definition) is 2. The SMILES string of the molecule is O=c1nc(Cl)cc2n1CCc1cc(F)ccc1-2. The molecule has 2 heterocycles. The topological polar surface area (TPSA) is 34.9 Å². The van der Waals surface area contributed by atoms with E-state index in [4.69, 9.17) is 11.6 Å². The number of benzene rings is 1. The summed E-state index contributed by atoms with van der Waals surface area (Å²) < 4.78 is 14.7. The maximum Gasteiger partial charge on any atom is 0.349 e. The lowest BCUT2D eigenvalue weighted by atomic mass is 9.98. The second kappa shape index (κ2) is 3.67. The Hall–Kier alpha value is -1.68. The van der Waals surface area contributed by atoms with Crippen molar-refractivity contribution in [3.63, 3.8) is 0 Å². The van der Waals surface area contributed by atoms with E-state index in [1.165, 1.54) is 12.1 Å². The van der Waals surface area contributed by atoms with E-state index in [1.807, 2.05) is 0 Å². The smallest absolute Gasteiger partial charge is 0.291 e. The van der Waals surface area contributed by atoms with Crippen molar-refractivity contribution in [3.05, 3.63) is 51.3 Å². The Morgan fingerprint density at radius 3 is 3.00 bits per heavy atom. The van der Waals surface area contributed by atoms with E-state index in [2.05, 4.69) is 4.98 Å². The van der Waals surface area contributed by atoms with Crippen LogP contribution >= 0.6 is 11.6 Å². The Balaban J connectivity index is 2.33. The third kappa shape index (κ3) is 1.65. The van der Waals surface area contributed by atoms with E-state index in [9.17, 15) is 9.18 Å². The summed E-state index contributed by atoms with van der Waals surface area (Å²) in [6.45, 7) is 0.509. The number of aryl methyl sites for hydroxylation is 1. The molecule has 5 heteroatoms. The maximum atomic E-state index is 13.1. The van der Waals surface area contributed by atoms with E-state index in [-0.39, 0.29) is 16.7 Å². The molecule has 0 fully saturated rings. The van der Waals surface area contributed by atoms with Gasteiger partial charge in [0.05, 0.1) is 5.69 Å². The van der Waals surface area contributed by atoms with Crippen LogP contribution < -0.4 is 5.69 Å². The van der Waals surface area contributed by atoms with Crippen molar-refractivity contribution < 1.29 is 4.39 Å². The molecule has 0 amide bonds. The van der Waals surface area contributed by atoms with Gasteiger partial charge in [-0.1, -0.05) is 11.6 Å². The highest BCUT2D eigenvalue weighted by molar-refractivity contribution is 6.29. The van der Waals surface area contributed by atoms with Crippen LogP contribution in [0.3, 0.4) is 0 Å². The minimum atomic E-state index is -0.359. The molecule has 0 unspecified atom stereocenters. The summed E-state index contributed by atoms with van der Waals surface area (Å²) in [5.41, 5.74) is 2.09. The summed E-state index contributed by atoms with van der Waals surface area (Å²) >= 11 is 5.78. The molecule has 86 valence electrons. The van der Waals surface area contributed by atoms with Crippen LogP contribution in [0.15, 0.2) is 29.1 Å². The van der Waals surface area contributed by atoms with Crippen LogP contribution in [0.4, 0.5) is 4.39 Å². The Morgan fingerprint density at radius 2 is 2.18 bits per heavy atom. The van der Waals surface area contributed by atoms with Crippen molar-refractivity contribution in [2.45, 2.75) is 13.0 Å². The van der Waals surface area contributed by atoms with Gasteiger partial charge >= 0.3 is 5.69 Å². The second-order valence-corrected chi connectivity index (χ2v) is 4.34. The maximum absolute atomic E-state index is 13.1. The molecule has 1 aliphatic heterocycles. The van der Waals surface area contributed by atoms with Crippen LogP contribution in [0.25, 0.3) is 11.3 Å². The van der Waals surface area contributed by atoms with Gasteiger partial charge in [-0.15, -0.1) is 0 Å². The van der Waals surface area contributed by atoms with Crippen LogP contribution in [0, 0.1) is 5.82 Å². The molecule has 0 radical (unpaired) electrons. The molecular weight excluding hydrogens is 243 g/mol. The number of halogens is 2. The van der Waals surface area contributed by atoms with E-state index >= 15 is 0 Å². The van der Waals surface area contributed by atoms with E-state index in [1.54, 1.807) is 16.7 Å². The van der Waals surface area contributed by atoms with Crippen molar-refractivity contribution in [1.29, 1.82) is 0 Å². The number of nitrogens with zero attached hydrogens (tertiary/aromatic N) is 2. The van der Waals surface area contributed by atoms with Crippen LogP contribution in [0.5, 0.6) is 0 Å². The molecule has 0 atom stereocenters. The molecule has 0 bridgehead atoms. The normalized spacial score (nSPS) is 13.1. The monoisotopic (exact) mass is 250 g/mol. The molecule has 3 nitrogen and oxygen atoms in total. The predicted octanol–water partition coefficient (Wildman–Crippen LogP) is 2.26. The molecule has 1 aromatic carbocycles. The fourth-order valence-corrected chi connectivity index (χ4v) is 2.34. The molecule has 0 saturated carbocycles. The molecule has 3 rings (SSSR count). The lowest BCUT2D eigenvalue weighted by molar-refractivity contribution is 0.611. The predicted molar refractivity (Wildman–Crippen MR) is 62.6 cm³/mol. The number of hydrogen-bond donors (Lipinski definition) is 0. The van der Waals surface area contributed by atoms with Crippen LogP contribution in [-0.2, 0) is 13.0 Å². The molecule has 17 heavy (non-hydrogen) atoms. The first-order valence-electron chi connectivity index (χ1n) is 5.21. The van der Waals surface area contributed by atoms with Gasteiger partial charge in [0.1, 0.15) is 11.0 Å². The van der Waals surface area contributed by atoms with Gasteiger partial charge in [-0.3, -0.25) is 4.57 Å². The van der Waals surface area contributed by atoms with Crippen LogP contribution in [0.2, 0.25) is 5.15 Å². The Morgan fingerprint density at radius 1 is 1.35 bits per heavy atom. The van der Waals surface area contributed by atoms with Gasteiger partial charge in [-0.2, -0.15) is 4.98 Å². The summed E-state index contributed by atoms with van der Waals surface area (Å²) in [6, 6.07) is 6.19. The lowest BCUT2D eigenvalue weighted by Gasteiger charge is -2.21. The van der Waals surface area contributed by atoms with Crippen molar-refractivity contribution in [1.82, 2.24) is 9.55 Å². The van der Waals surface area contributed by atoms with Gasteiger partial charge in [0.2, 0.25) is 0 Å². The summed E-state index contributed by atoms with van der Waals surface area (Å²) in [7, 11) is 0. The standard InChI is InChI=1S/C12H8ClFN2O/c13-11-6-10-9-2-1-8(14)5-7(9)3-4-16(10)12(17)15-11/h1-2,5-6H,3-4H2. The van der Waals surface area contributed by atoms with E-state index in [0.717, 1.165) is 11.1 Å². The minimum Gasteiger partial charge on any atom is -0.291 e. The Kier molecular flexibility index (Phi) is 2.26. The van der Waals surface area contributed by atoms with Crippen LogP contribution in [-0.4, -0.2) is 9.55 Å². The fourth-order valence-electron chi connectivity index (χ4n) is 2.17. The molecule has 1 aromatic heterocycles. The van der Waals surface area contributed by atoms with Gasteiger partial charge in [-0.25, -0.2) is 9.18 Å². The first kappa shape index (κ1) is 10.5. The first-order chi connectivity index (χ1) is 8.15. The van der Waals surface area contributed by atoms with E-state index in [0.29, 0.717) is 18.7 Å². The highest BCUT2D eigenvalue weighted by Crippen LogP contribution is 2.29. The fraction of sp³-hybridized carbons (Fsp3) is 0.167. The number of aromatic nitrogens is 2. The number of rotatable bonds is 0. The second-order valence-electron chi connectivity index (χ2n) is 3.95. The van der Waals surface area contributed by atoms with Gasteiger partial charge in [-0.05, 0) is 30.2 Å². The third-order valence-electron chi connectivity index (χ3n) is 2.93. The highest BCUT2D eigenvalue weighted by Gasteiger charge is 2.18. The molecule has 0 saturated heterocycles. The molecule has 2 aromatic rings. The average molecular weight is 251 g/mol. The van der Waals surface area contributed by atoms with Crippen LogP contribution in [0.1, 0.15) is 5.56 Å². The third-order valence-corrected chi connectivity index (χ3v) is 3.12. The van der Waals surface area contributed by atoms with Gasteiger partial charge in [0.25, 0.3) is 0 Å². The van der Waals surface area contributed by atoms with Crippen molar-refractivity contribution >= 4 is 11.6 Å². The van der Waals surface area contributed by atoms with Crippen molar-refractivity contribution in [2.24, 2.45) is 0 Å². The summed E-state index contributed by atoms with van der Waals surface area (Å²) in [6.07, 6.45) is 0.628. The minimum absolute atomic E-state index is 0.165. The molecular formula is C12H8ClFN2O. The average Bonchev–Trinajstić information content (AvgIpc) is 2.27. The largest absolute Gasteiger partial charge is 0.349 e. The number of fused-ring (bicyclic) bond motifs is 3. The zero-order valence-electron chi connectivity index (χ0n) is 8.78. The van der Waals surface area contributed by atoms with Gasteiger partial charge < -0.3 is 0 Å². The summed E-state index contributed by atoms with van der Waals surface area (Å²) in [5, 5.41) is 0.165. The van der Waals surface area contributed by atoms with Gasteiger partial charge in [0, 0.05) is 18.2 Å². The zero-order chi connectivity index (χ0) is 12.0. The Labute approximate surface area is 101 Å². The van der Waals surface area contributed by atoms with Crippen molar-refractivity contribution in [3.8, 4) is 11.3 Å². The summed E-state index contributed by atoms with van der Waals surface area (Å²) in [4.78, 5) is 15.3. The van der Waals surface area contributed by atoms with Crippen molar-refractivity contribution in [2.75, 3.05) is 0 Å². The molecule has 1 aliphatic rings. The molecule has 0 aliphatic carbocycles. The molecule has 0 N–H and O–H groups in total. The molecule has 0 spiro atoms. The van der Waals surface area contributed by atoms with Gasteiger partial charge in [0.15, 0.2) is 0 Å². The zero-order valence-corrected chi connectivity index (χ0v) is 9.54. The highest BCUT2D eigenvalue weighted by atomic mass is 35.5.